The quantitative estimate of drug-likeness (QED) is 0.734. The Balaban J connectivity index is 2.55. The molecule has 5 nitrogen and oxygen atoms in total. The van der Waals surface area contributed by atoms with E-state index in [1.807, 2.05) is 13.8 Å². The van der Waals surface area contributed by atoms with Crippen LogP contribution in [0.25, 0.3) is 0 Å². The minimum atomic E-state index is -0.101. The van der Waals surface area contributed by atoms with Gasteiger partial charge in [-0.3, -0.25) is 0 Å². The van der Waals surface area contributed by atoms with E-state index in [4.69, 9.17) is 9.26 Å². The summed E-state index contributed by atoms with van der Waals surface area (Å²) in [7, 11) is 0. The van der Waals surface area contributed by atoms with Gasteiger partial charge in [-0.15, -0.1) is 0 Å². The molecule has 0 aliphatic rings. The van der Waals surface area contributed by atoms with Gasteiger partial charge >= 0.3 is 0 Å². The van der Waals surface area contributed by atoms with E-state index in [2.05, 4.69) is 29.3 Å². The number of hydrogen-bond acceptors (Lipinski definition) is 5. The molecule has 0 amide bonds. The fraction of sp³-hybridized carbons (Fsp3) is 0.846. The molecule has 0 aliphatic heterocycles. The molecule has 1 N–H and O–H groups in total. The van der Waals surface area contributed by atoms with E-state index in [1.54, 1.807) is 0 Å². The lowest BCUT2D eigenvalue weighted by Crippen LogP contribution is -2.30. The van der Waals surface area contributed by atoms with Crippen molar-refractivity contribution in [1.82, 2.24) is 15.5 Å². The number of hydrogen-bond donors (Lipinski definition) is 1. The van der Waals surface area contributed by atoms with Gasteiger partial charge in [0.1, 0.15) is 6.10 Å². The second-order valence-corrected chi connectivity index (χ2v) is 4.39. The zero-order valence-corrected chi connectivity index (χ0v) is 11.9. The van der Waals surface area contributed by atoms with Crippen LogP contribution in [0.1, 0.15) is 58.4 Å². The second-order valence-electron chi connectivity index (χ2n) is 4.39. The molecule has 0 saturated heterocycles. The number of nitrogens with zero attached hydrogens (tertiary/aromatic N) is 2. The third kappa shape index (κ3) is 4.74. The summed E-state index contributed by atoms with van der Waals surface area (Å²) in [5.41, 5.74) is 0. The summed E-state index contributed by atoms with van der Waals surface area (Å²) in [5, 5.41) is 7.41. The minimum Gasteiger partial charge on any atom is -0.371 e. The van der Waals surface area contributed by atoms with Crippen molar-refractivity contribution in [3.8, 4) is 0 Å². The van der Waals surface area contributed by atoms with Crippen LogP contribution in [0.2, 0.25) is 0 Å². The van der Waals surface area contributed by atoms with Gasteiger partial charge in [-0.25, -0.2) is 0 Å². The fourth-order valence-electron chi connectivity index (χ4n) is 1.96. The van der Waals surface area contributed by atoms with E-state index >= 15 is 0 Å². The third-order valence-corrected chi connectivity index (χ3v) is 2.82. The van der Waals surface area contributed by atoms with Gasteiger partial charge in [0.15, 0.2) is 5.82 Å². The first-order valence-electron chi connectivity index (χ1n) is 6.88. The monoisotopic (exact) mass is 255 g/mol. The van der Waals surface area contributed by atoms with Crippen LogP contribution in [0.15, 0.2) is 4.52 Å². The Labute approximate surface area is 109 Å². The number of nitrogens with one attached hydrogen (secondary N) is 1. The molecule has 0 spiro atoms. The zero-order chi connectivity index (χ0) is 13.4. The normalized spacial score (nSPS) is 14.7. The summed E-state index contributed by atoms with van der Waals surface area (Å²) in [5.74, 6) is 1.33. The van der Waals surface area contributed by atoms with Crippen molar-refractivity contribution in [2.24, 2.45) is 0 Å². The maximum atomic E-state index is 5.44. The molecule has 1 heterocycles. The van der Waals surface area contributed by atoms with Crippen molar-refractivity contribution in [3.63, 3.8) is 0 Å². The highest BCUT2D eigenvalue weighted by atomic mass is 16.5. The molecule has 18 heavy (non-hydrogen) atoms. The molecule has 0 aromatic carbocycles. The van der Waals surface area contributed by atoms with Gasteiger partial charge in [-0.2, -0.15) is 4.98 Å². The Morgan fingerprint density at radius 3 is 2.72 bits per heavy atom. The van der Waals surface area contributed by atoms with Gasteiger partial charge < -0.3 is 14.6 Å². The molecule has 1 aromatic heterocycles. The van der Waals surface area contributed by atoms with Crippen molar-refractivity contribution in [1.29, 1.82) is 0 Å². The molecule has 0 saturated carbocycles. The van der Waals surface area contributed by atoms with Crippen molar-refractivity contribution in [3.05, 3.63) is 11.7 Å². The Morgan fingerprint density at radius 1 is 1.33 bits per heavy atom. The predicted molar refractivity (Wildman–Crippen MR) is 70.4 cm³/mol. The Bertz CT molecular complexity index is 322. The van der Waals surface area contributed by atoms with Gasteiger partial charge in [-0.1, -0.05) is 25.4 Å². The Hall–Kier alpha value is -0.940. The number of aromatic nitrogens is 2. The van der Waals surface area contributed by atoms with Crippen molar-refractivity contribution >= 4 is 0 Å². The van der Waals surface area contributed by atoms with Crippen LogP contribution < -0.4 is 5.32 Å². The highest BCUT2D eigenvalue weighted by Gasteiger charge is 2.16. The third-order valence-electron chi connectivity index (χ3n) is 2.82. The SMILES string of the molecule is CCCC(Cc1nc(C(C)OCC)no1)NCC. The van der Waals surface area contributed by atoms with E-state index in [0.29, 0.717) is 24.4 Å². The van der Waals surface area contributed by atoms with Gasteiger partial charge in [0.2, 0.25) is 5.89 Å². The summed E-state index contributed by atoms with van der Waals surface area (Å²) in [6, 6.07) is 0.413. The fourth-order valence-corrected chi connectivity index (χ4v) is 1.96. The van der Waals surface area contributed by atoms with Crippen LogP contribution in [-0.4, -0.2) is 29.3 Å². The van der Waals surface area contributed by atoms with Crippen molar-refractivity contribution in [2.75, 3.05) is 13.2 Å². The summed E-state index contributed by atoms with van der Waals surface area (Å²) in [6.07, 6.45) is 2.95. The molecule has 0 bridgehead atoms. The average molecular weight is 255 g/mol. The summed E-state index contributed by atoms with van der Waals surface area (Å²) in [6.45, 7) is 9.80. The summed E-state index contributed by atoms with van der Waals surface area (Å²) >= 11 is 0. The minimum absolute atomic E-state index is 0.101. The summed E-state index contributed by atoms with van der Waals surface area (Å²) in [4.78, 5) is 4.39. The zero-order valence-electron chi connectivity index (χ0n) is 11.9. The van der Waals surface area contributed by atoms with Crippen LogP contribution >= 0.6 is 0 Å². The molecular formula is C13H25N3O2. The van der Waals surface area contributed by atoms with Crippen molar-refractivity contribution in [2.45, 2.75) is 59.1 Å². The molecule has 5 heteroatoms. The molecular weight excluding hydrogens is 230 g/mol. The summed E-state index contributed by atoms with van der Waals surface area (Å²) < 4.78 is 10.7. The molecule has 0 fully saturated rings. The molecule has 2 atom stereocenters. The van der Waals surface area contributed by atoms with Gasteiger partial charge in [0.05, 0.1) is 0 Å². The highest BCUT2D eigenvalue weighted by Crippen LogP contribution is 2.14. The maximum absolute atomic E-state index is 5.44. The Kier molecular flexibility index (Phi) is 6.90. The van der Waals surface area contributed by atoms with Crippen LogP contribution in [0, 0.1) is 0 Å². The molecule has 104 valence electrons. The van der Waals surface area contributed by atoms with Crippen LogP contribution in [0.4, 0.5) is 0 Å². The molecule has 1 rings (SSSR count). The van der Waals surface area contributed by atoms with Gasteiger partial charge in [0.25, 0.3) is 0 Å². The highest BCUT2D eigenvalue weighted by molar-refractivity contribution is 4.92. The largest absolute Gasteiger partial charge is 0.371 e. The average Bonchev–Trinajstić information content (AvgIpc) is 2.78. The molecule has 0 radical (unpaired) electrons. The van der Waals surface area contributed by atoms with Crippen molar-refractivity contribution < 1.29 is 9.26 Å². The van der Waals surface area contributed by atoms with E-state index in [-0.39, 0.29) is 6.10 Å². The standard InChI is InChI=1S/C13H25N3O2/c1-5-8-11(14-6-2)9-12-15-13(16-18-12)10(4)17-7-3/h10-11,14H,5-9H2,1-4H3. The maximum Gasteiger partial charge on any atom is 0.228 e. The number of likely N-dealkylation sites (N-methyl/N-ethyl adjacent to an activating group) is 1. The predicted octanol–water partition coefficient (Wildman–Crippen LogP) is 2.49. The lowest BCUT2D eigenvalue weighted by Gasteiger charge is -2.14. The molecule has 1 aromatic rings. The number of ether oxygens (including phenoxy) is 1. The number of rotatable bonds is 9. The molecule has 0 aliphatic carbocycles. The van der Waals surface area contributed by atoms with E-state index in [1.165, 1.54) is 0 Å². The van der Waals surface area contributed by atoms with E-state index in [9.17, 15) is 0 Å². The smallest absolute Gasteiger partial charge is 0.228 e. The van der Waals surface area contributed by atoms with E-state index < -0.39 is 0 Å². The van der Waals surface area contributed by atoms with Crippen LogP contribution in [0.3, 0.4) is 0 Å². The first kappa shape index (κ1) is 15.1. The van der Waals surface area contributed by atoms with Crippen LogP contribution in [-0.2, 0) is 11.2 Å². The van der Waals surface area contributed by atoms with Gasteiger partial charge in [-0.05, 0) is 26.8 Å². The van der Waals surface area contributed by atoms with E-state index in [0.717, 1.165) is 25.8 Å². The second kappa shape index (κ2) is 8.21. The lowest BCUT2D eigenvalue weighted by molar-refractivity contribution is 0.0683. The first-order valence-corrected chi connectivity index (χ1v) is 6.88. The lowest BCUT2D eigenvalue weighted by atomic mass is 10.1. The van der Waals surface area contributed by atoms with Crippen LogP contribution in [0.5, 0.6) is 0 Å². The molecule has 2 unspecified atom stereocenters. The topological polar surface area (TPSA) is 60.2 Å². The van der Waals surface area contributed by atoms with Gasteiger partial charge in [0, 0.05) is 19.1 Å². The first-order chi connectivity index (χ1) is 8.71. The Morgan fingerprint density at radius 2 is 2.11 bits per heavy atom.